The lowest BCUT2D eigenvalue weighted by Gasteiger charge is -2.14. The van der Waals surface area contributed by atoms with Gasteiger partial charge >= 0.3 is 12.2 Å². The Morgan fingerprint density at radius 2 is 2.05 bits per heavy atom. The normalized spacial score (nSPS) is 15.0. The summed E-state index contributed by atoms with van der Waals surface area (Å²) < 4.78 is 37.8. The largest absolute Gasteiger partial charge is 0.416 e. The minimum Gasteiger partial charge on any atom is -0.329 e. The number of carbonyl (C=O) groups is 3. The summed E-state index contributed by atoms with van der Waals surface area (Å²) in [5, 5.41) is 4.26. The minimum absolute atomic E-state index is 0.0986. The van der Waals surface area contributed by atoms with Gasteiger partial charge in [0.2, 0.25) is 5.91 Å². The zero-order chi connectivity index (χ0) is 16.5. The van der Waals surface area contributed by atoms with Crippen LogP contribution in [0.15, 0.2) is 18.2 Å². The highest BCUT2D eigenvalue weighted by Gasteiger charge is 2.32. The number of imide groups is 1. The molecule has 0 spiro atoms. The van der Waals surface area contributed by atoms with E-state index in [1.165, 1.54) is 0 Å². The lowest BCUT2D eigenvalue weighted by atomic mass is 10.2. The molecular formula is C12H9ClF3N3O3. The first-order chi connectivity index (χ1) is 10.2. The van der Waals surface area contributed by atoms with Crippen LogP contribution in [0, 0.1) is 0 Å². The van der Waals surface area contributed by atoms with Gasteiger partial charge in [-0.1, -0.05) is 11.6 Å². The van der Waals surface area contributed by atoms with Crippen LogP contribution in [-0.2, 0) is 15.8 Å². The summed E-state index contributed by atoms with van der Waals surface area (Å²) in [6.07, 6.45) is -4.59. The second kappa shape index (κ2) is 5.84. The Morgan fingerprint density at radius 3 is 2.59 bits per heavy atom. The highest BCUT2D eigenvalue weighted by atomic mass is 35.5. The van der Waals surface area contributed by atoms with Crippen LogP contribution in [0.25, 0.3) is 0 Å². The average Bonchev–Trinajstić information content (AvgIpc) is 2.72. The molecule has 1 aromatic carbocycles. The molecule has 4 amide bonds. The molecule has 0 saturated carbocycles. The van der Waals surface area contributed by atoms with Gasteiger partial charge in [-0.25, -0.2) is 4.79 Å². The van der Waals surface area contributed by atoms with Crippen LogP contribution in [0.5, 0.6) is 0 Å². The number of benzene rings is 1. The first-order valence-corrected chi connectivity index (χ1v) is 6.31. The summed E-state index contributed by atoms with van der Waals surface area (Å²) in [6, 6.07) is 1.70. The number of urea groups is 1. The van der Waals surface area contributed by atoms with Crippen molar-refractivity contribution < 1.29 is 27.6 Å². The second-order valence-corrected chi connectivity index (χ2v) is 4.79. The molecule has 2 rings (SSSR count). The molecule has 1 aliphatic rings. The molecule has 1 fully saturated rings. The van der Waals surface area contributed by atoms with E-state index in [-0.39, 0.29) is 17.3 Å². The maximum atomic E-state index is 12.6. The van der Waals surface area contributed by atoms with Crippen LogP contribution in [0.1, 0.15) is 5.56 Å². The molecule has 0 bridgehead atoms. The van der Waals surface area contributed by atoms with Gasteiger partial charge < -0.3 is 10.6 Å². The van der Waals surface area contributed by atoms with Crippen molar-refractivity contribution in [3.63, 3.8) is 0 Å². The quantitative estimate of drug-likeness (QED) is 0.827. The highest BCUT2D eigenvalue weighted by molar-refractivity contribution is 6.33. The van der Waals surface area contributed by atoms with E-state index in [1.54, 1.807) is 0 Å². The first-order valence-electron chi connectivity index (χ1n) is 5.93. The smallest absolute Gasteiger partial charge is 0.329 e. The van der Waals surface area contributed by atoms with Crippen molar-refractivity contribution in [1.82, 2.24) is 10.2 Å². The Labute approximate surface area is 127 Å². The number of hydrogen-bond acceptors (Lipinski definition) is 3. The van der Waals surface area contributed by atoms with Gasteiger partial charge in [0.15, 0.2) is 0 Å². The fourth-order valence-electron chi connectivity index (χ4n) is 1.75. The maximum absolute atomic E-state index is 12.6. The molecule has 0 radical (unpaired) electrons. The van der Waals surface area contributed by atoms with E-state index in [9.17, 15) is 27.6 Å². The van der Waals surface area contributed by atoms with E-state index < -0.39 is 36.1 Å². The third kappa shape index (κ3) is 3.48. The maximum Gasteiger partial charge on any atom is 0.416 e. The Morgan fingerprint density at radius 1 is 1.36 bits per heavy atom. The molecule has 1 saturated heterocycles. The molecule has 6 nitrogen and oxygen atoms in total. The van der Waals surface area contributed by atoms with Crippen molar-refractivity contribution >= 4 is 35.1 Å². The van der Waals surface area contributed by atoms with E-state index in [0.29, 0.717) is 11.0 Å². The number of nitrogens with one attached hydrogen (secondary N) is 2. The van der Waals surface area contributed by atoms with E-state index >= 15 is 0 Å². The Hall–Kier alpha value is -2.29. The summed E-state index contributed by atoms with van der Waals surface area (Å²) >= 11 is 5.72. The third-order valence-corrected chi connectivity index (χ3v) is 3.14. The molecule has 118 valence electrons. The molecule has 22 heavy (non-hydrogen) atoms. The first kappa shape index (κ1) is 16.1. The lowest BCUT2D eigenvalue weighted by Crippen LogP contribution is -2.38. The molecule has 0 aliphatic carbocycles. The summed E-state index contributed by atoms with van der Waals surface area (Å²) in [7, 11) is 0. The fraction of sp³-hybridized carbons (Fsp3) is 0.250. The van der Waals surface area contributed by atoms with Gasteiger partial charge in [0.1, 0.15) is 6.54 Å². The molecule has 1 aliphatic heterocycles. The summed E-state index contributed by atoms with van der Waals surface area (Å²) in [5.41, 5.74) is -1.24. The van der Waals surface area contributed by atoms with Crippen LogP contribution >= 0.6 is 11.6 Å². The average molecular weight is 336 g/mol. The van der Waals surface area contributed by atoms with Gasteiger partial charge in [-0.3, -0.25) is 14.5 Å². The molecule has 0 unspecified atom stereocenters. The standard InChI is InChI=1S/C12H9ClF3N3O3/c13-7-2-1-6(12(14,15)16)3-8(7)18-9(20)5-19-10(21)4-17-11(19)22/h1-3H,4-5H2,(H,17,22)(H,18,20). The molecule has 2 N–H and O–H groups in total. The zero-order valence-electron chi connectivity index (χ0n) is 10.8. The lowest BCUT2D eigenvalue weighted by molar-refractivity contribution is -0.137. The van der Waals surface area contributed by atoms with Crippen LogP contribution in [0.3, 0.4) is 0 Å². The zero-order valence-corrected chi connectivity index (χ0v) is 11.6. The summed E-state index contributed by atoms with van der Waals surface area (Å²) in [4.78, 5) is 35.0. The SMILES string of the molecule is O=C(CN1C(=O)CNC1=O)Nc1cc(C(F)(F)F)ccc1Cl. The number of rotatable bonds is 3. The van der Waals surface area contributed by atoms with Crippen molar-refractivity contribution in [1.29, 1.82) is 0 Å². The van der Waals surface area contributed by atoms with E-state index in [1.807, 2.05) is 0 Å². The number of halogens is 4. The molecule has 0 aromatic heterocycles. The Kier molecular flexibility index (Phi) is 4.27. The van der Waals surface area contributed by atoms with Crippen molar-refractivity contribution in [3.05, 3.63) is 28.8 Å². The van der Waals surface area contributed by atoms with E-state index in [0.717, 1.165) is 12.1 Å². The van der Waals surface area contributed by atoms with Crippen LogP contribution < -0.4 is 10.6 Å². The number of alkyl halides is 3. The van der Waals surface area contributed by atoms with Crippen molar-refractivity contribution in [2.24, 2.45) is 0 Å². The van der Waals surface area contributed by atoms with Gasteiger partial charge in [-0.2, -0.15) is 13.2 Å². The van der Waals surface area contributed by atoms with Crippen molar-refractivity contribution in [3.8, 4) is 0 Å². The van der Waals surface area contributed by atoms with Gasteiger partial charge in [0, 0.05) is 0 Å². The minimum atomic E-state index is -4.59. The highest BCUT2D eigenvalue weighted by Crippen LogP contribution is 2.33. The number of amides is 4. The van der Waals surface area contributed by atoms with Gasteiger partial charge in [0.25, 0.3) is 5.91 Å². The van der Waals surface area contributed by atoms with Gasteiger partial charge in [-0.15, -0.1) is 0 Å². The number of anilines is 1. The fourth-order valence-corrected chi connectivity index (χ4v) is 1.91. The van der Waals surface area contributed by atoms with Crippen molar-refractivity contribution in [2.45, 2.75) is 6.18 Å². The van der Waals surface area contributed by atoms with Gasteiger partial charge in [-0.05, 0) is 18.2 Å². The number of hydrogen-bond donors (Lipinski definition) is 2. The summed E-state index contributed by atoms with van der Waals surface area (Å²) in [5.74, 6) is -1.44. The Bertz CT molecular complexity index is 632. The number of carbonyl (C=O) groups excluding carboxylic acids is 3. The molecule has 1 heterocycles. The predicted octanol–water partition coefficient (Wildman–Crippen LogP) is 1.85. The van der Waals surface area contributed by atoms with Crippen LogP contribution in [0.4, 0.5) is 23.7 Å². The summed E-state index contributed by atoms with van der Waals surface area (Å²) in [6.45, 7) is -0.840. The molecular weight excluding hydrogens is 327 g/mol. The topological polar surface area (TPSA) is 78.5 Å². The molecule has 0 atom stereocenters. The third-order valence-electron chi connectivity index (χ3n) is 2.81. The molecule has 10 heteroatoms. The Balaban J connectivity index is 2.11. The predicted molar refractivity (Wildman–Crippen MR) is 70.2 cm³/mol. The van der Waals surface area contributed by atoms with Crippen molar-refractivity contribution in [2.75, 3.05) is 18.4 Å². The van der Waals surface area contributed by atoms with Crippen LogP contribution in [-0.4, -0.2) is 35.8 Å². The van der Waals surface area contributed by atoms with Crippen LogP contribution in [0.2, 0.25) is 5.02 Å². The molecule has 1 aromatic rings. The number of nitrogens with zero attached hydrogens (tertiary/aromatic N) is 1. The second-order valence-electron chi connectivity index (χ2n) is 4.38. The van der Waals surface area contributed by atoms with E-state index in [2.05, 4.69) is 10.6 Å². The van der Waals surface area contributed by atoms with Gasteiger partial charge in [0.05, 0.1) is 22.8 Å². The van der Waals surface area contributed by atoms with E-state index in [4.69, 9.17) is 11.6 Å². The monoisotopic (exact) mass is 335 g/mol.